The molecule has 2 aromatic rings. The molecule has 0 amide bonds. The molecule has 0 unspecified atom stereocenters. The monoisotopic (exact) mass is 336 g/mol. The summed E-state index contributed by atoms with van der Waals surface area (Å²) < 4.78 is 19.4. The standard InChI is InChI=1S/C16H14BrFO2/c1-10(2)20-13-5-3-4-11(8-13)16(19)12-6-7-14(17)15(18)9-12/h3-10H,1-2H3. The van der Waals surface area contributed by atoms with Crippen LogP contribution in [-0.4, -0.2) is 11.9 Å². The van der Waals surface area contributed by atoms with Crippen molar-refractivity contribution in [3.05, 3.63) is 63.9 Å². The average molecular weight is 337 g/mol. The molecule has 104 valence electrons. The summed E-state index contributed by atoms with van der Waals surface area (Å²) in [5, 5.41) is 0. The predicted octanol–water partition coefficient (Wildman–Crippen LogP) is 4.61. The second-order valence-electron chi connectivity index (χ2n) is 4.65. The first-order valence-electron chi connectivity index (χ1n) is 6.24. The Morgan fingerprint density at radius 1 is 1.15 bits per heavy atom. The molecule has 0 aliphatic carbocycles. The van der Waals surface area contributed by atoms with Gasteiger partial charge in [0, 0.05) is 11.1 Å². The third kappa shape index (κ3) is 3.45. The summed E-state index contributed by atoms with van der Waals surface area (Å²) in [4.78, 5) is 12.3. The van der Waals surface area contributed by atoms with E-state index in [4.69, 9.17) is 4.74 Å². The van der Waals surface area contributed by atoms with Gasteiger partial charge < -0.3 is 4.74 Å². The lowest BCUT2D eigenvalue weighted by atomic mass is 10.0. The normalized spacial score (nSPS) is 10.7. The Morgan fingerprint density at radius 3 is 2.50 bits per heavy atom. The van der Waals surface area contributed by atoms with Crippen LogP contribution in [0.4, 0.5) is 4.39 Å². The minimum atomic E-state index is -0.453. The van der Waals surface area contributed by atoms with E-state index in [1.807, 2.05) is 13.8 Å². The Balaban J connectivity index is 2.30. The molecule has 2 nitrogen and oxygen atoms in total. The highest BCUT2D eigenvalue weighted by molar-refractivity contribution is 9.10. The molecule has 0 aliphatic rings. The number of hydrogen-bond acceptors (Lipinski definition) is 2. The van der Waals surface area contributed by atoms with Crippen LogP contribution in [0.3, 0.4) is 0 Å². The second kappa shape index (κ2) is 6.18. The Kier molecular flexibility index (Phi) is 4.55. The van der Waals surface area contributed by atoms with Crippen LogP contribution in [0.1, 0.15) is 29.8 Å². The molecule has 0 fully saturated rings. The lowest BCUT2D eigenvalue weighted by Crippen LogP contribution is -2.07. The minimum absolute atomic E-state index is 0.0328. The Labute approximate surface area is 125 Å². The van der Waals surface area contributed by atoms with Crippen molar-refractivity contribution in [2.75, 3.05) is 0 Å². The van der Waals surface area contributed by atoms with Crippen molar-refractivity contribution >= 4 is 21.7 Å². The third-order valence-corrected chi connectivity index (χ3v) is 3.29. The predicted molar refractivity (Wildman–Crippen MR) is 79.7 cm³/mol. The van der Waals surface area contributed by atoms with Gasteiger partial charge in [-0.25, -0.2) is 4.39 Å². The number of hydrogen-bond donors (Lipinski definition) is 0. The van der Waals surface area contributed by atoms with Gasteiger partial charge in [-0.3, -0.25) is 4.79 Å². The molecule has 0 atom stereocenters. The number of halogens is 2. The van der Waals surface area contributed by atoms with E-state index in [-0.39, 0.29) is 11.9 Å². The van der Waals surface area contributed by atoms with E-state index in [1.54, 1.807) is 30.3 Å². The quantitative estimate of drug-likeness (QED) is 0.762. The minimum Gasteiger partial charge on any atom is -0.491 e. The van der Waals surface area contributed by atoms with Crippen LogP contribution in [0.15, 0.2) is 46.9 Å². The molecule has 2 aromatic carbocycles. The maximum absolute atomic E-state index is 13.5. The Morgan fingerprint density at radius 2 is 1.85 bits per heavy atom. The number of rotatable bonds is 4. The van der Waals surface area contributed by atoms with E-state index in [0.717, 1.165) is 0 Å². The maximum Gasteiger partial charge on any atom is 0.193 e. The van der Waals surface area contributed by atoms with E-state index < -0.39 is 5.82 Å². The fourth-order valence-electron chi connectivity index (χ4n) is 1.79. The van der Waals surface area contributed by atoms with E-state index in [2.05, 4.69) is 15.9 Å². The Bertz CT molecular complexity index is 638. The zero-order chi connectivity index (χ0) is 14.7. The second-order valence-corrected chi connectivity index (χ2v) is 5.51. The number of carbonyl (C=O) groups excluding carboxylic acids is 1. The average Bonchev–Trinajstić information content (AvgIpc) is 2.40. The molecular weight excluding hydrogens is 323 g/mol. The van der Waals surface area contributed by atoms with Crippen LogP contribution in [0.25, 0.3) is 0 Å². The summed E-state index contributed by atoms with van der Waals surface area (Å²) in [6.45, 7) is 3.83. The molecule has 0 spiro atoms. The third-order valence-electron chi connectivity index (χ3n) is 2.65. The first kappa shape index (κ1) is 14.7. The molecule has 0 saturated heterocycles. The van der Waals surface area contributed by atoms with E-state index in [1.165, 1.54) is 12.1 Å². The van der Waals surface area contributed by atoms with E-state index in [0.29, 0.717) is 21.3 Å². The lowest BCUT2D eigenvalue weighted by Gasteiger charge is -2.10. The van der Waals surface area contributed by atoms with Crippen molar-refractivity contribution in [1.29, 1.82) is 0 Å². The molecular formula is C16H14BrFO2. The highest BCUT2D eigenvalue weighted by Gasteiger charge is 2.12. The van der Waals surface area contributed by atoms with Crippen molar-refractivity contribution in [3.8, 4) is 5.75 Å². The topological polar surface area (TPSA) is 26.3 Å². The van der Waals surface area contributed by atoms with Gasteiger partial charge in [0.1, 0.15) is 11.6 Å². The SMILES string of the molecule is CC(C)Oc1cccc(C(=O)c2ccc(Br)c(F)c2)c1. The van der Waals surface area contributed by atoms with Crippen molar-refractivity contribution in [3.63, 3.8) is 0 Å². The van der Waals surface area contributed by atoms with Gasteiger partial charge in [0.15, 0.2) is 5.78 Å². The van der Waals surface area contributed by atoms with Gasteiger partial charge in [0.05, 0.1) is 10.6 Å². The van der Waals surface area contributed by atoms with Crippen LogP contribution in [0.2, 0.25) is 0 Å². The van der Waals surface area contributed by atoms with Gasteiger partial charge in [0.25, 0.3) is 0 Å². The molecule has 0 saturated carbocycles. The fraction of sp³-hybridized carbons (Fsp3) is 0.188. The zero-order valence-corrected chi connectivity index (χ0v) is 12.8. The first-order valence-corrected chi connectivity index (χ1v) is 7.03. The number of ether oxygens (including phenoxy) is 1. The summed E-state index contributed by atoms with van der Waals surface area (Å²) >= 11 is 3.07. The molecule has 0 aromatic heterocycles. The number of benzene rings is 2. The van der Waals surface area contributed by atoms with E-state index in [9.17, 15) is 9.18 Å². The smallest absolute Gasteiger partial charge is 0.193 e. The van der Waals surface area contributed by atoms with E-state index >= 15 is 0 Å². The first-order chi connectivity index (χ1) is 9.47. The van der Waals surface area contributed by atoms with Crippen molar-refractivity contribution in [2.24, 2.45) is 0 Å². The van der Waals surface area contributed by atoms with Gasteiger partial charge >= 0.3 is 0 Å². The van der Waals surface area contributed by atoms with Gasteiger partial charge in [-0.2, -0.15) is 0 Å². The van der Waals surface area contributed by atoms with Crippen molar-refractivity contribution < 1.29 is 13.9 Å². The highest BCUT2D eigenvalue weighted by Crippen LogP contribution is 2.21. The van der Waals surface area contributed by atoms with Crippen LogP contribution >= 0.6 is 15.9 Å². The fourth-order valence-corrected chi connectivity index (χ4v) is 2.03. The molecule has 0 radical (unpaired) electrons. The van der Waals surface area contributed by atoms with Crippen molar-refractivity contribution in [1.82, 2.24) is 0 Å². The largest absolute Gasteiger partial charge is 0.491 e. The molecule has 20 heavy (non-hydrogen) atoms. The maximum atomic E-state index is 13.5. The van der Waals surface area contributed by atoms with Gasteiger partial charge in [-0.05, 0) is 60.1 Å². The molecule has 0 N–H and O–H groups in total. The van der Waals surface area contributed by atoms with Crippen LogP contribution in [0, 0.1) is 5.82 Å². The molecule has 2 rings (SSSR count). The number of carbonyl (C=O) groups is 1. The molecule has 0 bridgehead atoms. The highest BCUT2D eigenvalue weighted by atomic mass is 79.9. The molecule has 0 heterocycles. The summed E-state index contributed by atoms with van der Waals surface area (Å²) in [6, 6.07) is 11.2. The van der Waals surface area contributed by atoms with Crippen LogP contribution in [0.5, 0.6) is 5.75 Å². The zero-order valence-electron chi connectivity index (χ0n) is 11.2. The van der Waals surface area contributed by atoms with Gasteiger partial charge in [0.2, 0.25) is 0 Å². The lowest BCUT2D eigenvalue weighted by molar-refractivity contribution is 0.103. The van der Waals surface area contributed by atoms with Crippen LogP contribution < -0.4 is 4.74 Å². The van der Waals surface area contributed by atoms with Gasteiger partial charge in [-0.1, -0.05) is 12.1 Å². The summed E-state index contributed by atoms with van der Waals surface area (Å²) in [6.07, 6.45) is 0.0328. The van der Waals surface area contributed by atoms with Crippen LogP contribution in [-0.2, 0) is 0 Å². The summed E-state index contributed by atoms with van der Waals surface area (Å²) in [7, 11) is 0. The van der Waals surface area contributed by atoms with Crippen molar-refractivity contribution in [2.45, 2.75) is 20.0 Å². The molecule has 0 aliphatic heterocycles. The molecule has 4 heteroatoms. The summed E-state index contributed by atoms with van der Waals surface area (Å²) in [5.41, 5.74) is 0.789. The van der Waals surface area contributed by atoms with Gasteiger partial charge in [-0.15, -0.1) is 0 Å². The number of ketones is 1. The summed E-state index contributed by atoms with van der Waals surface area (Å²) in [5.74, 6) is -0.0560. The Hall–Kier alpha value is -1.68.